The van der Waals surface area contributed by atoms with E-state index in [0.717, 1.165) is 30.6 Å². The van der Waals surface area contributed by atoms with Gasteiger partial charge in [-0.05, 0) is 79.6 Å². The van der Waals surface area contributed by atoms with Crippen LogP contribution in [-0.2, 0) is 16.0 Å². The van der Waals surface area contributed by atoms with E-state index in [2.05, 4.69) is 43.4 Å². The first-order valence-electron chi connectivity index (χ1n) is 12.5. The van der Waals surface area contributed by atoms with Gasteiger partial charge in [0.2, 0.25) is 0 Å². The van der Waals surface area contributed by atoms with Crippen molar-refractivity contribution < 1.29 is 23.8 Å². The fraction of sp³-hybridized carbons (Fsp3) is 0.333. The van der Waals surface area contributed by atoms with E-state index in [1.807, 2.05) is 18.2 Å². The van der Waals surface area contributed by atoms with Gasteiger partial charge < -0.3 is 19.5 Å². The molecule has 0 bridgehead atoms. The number of nitrogens with one attached hydrogen (secondary N) is 1. The monoisotopic (exact) mass is 489 g/mol. The maximum absolute atomic E-state index is 12.9. The Bertz CT molecular complexity index is 1110. The number of amides is 1. The summed E-state index contributed by atoms with van der Waals surface area (Å²) in [6.45, 7) is 6.56. The summed E-state index contributed by atoms with van der Waals surface area (Å²) < 4.78 is 16.4. The number of esters is 1. The van der Waals surface area contributed by atoms with Crippen LogP contribution in [0.3, 0.4) is 0 Å². The quantitative estimate of drug-likeness (QED) is 0.222. The van der Waals surface area contributed by atoms with E-state index in [9.17, 15) is 9.59 Å². The fourth-order valence-electron chi connectivity index (χ4n) is 3.63. The van der Waals surface area contributed by atoms with Gasteiger partial charge in [-0.15, -0.1) is 0 Å². The lowest BCUT2D eigenvalue weighted by molar-refractivity contribution is -0.145. The molecule has 0 aromatic heterocycles. The lowest BCUT2D eigenvalue weighted by Gasteiger charge is -2.15. The zero-order valence-electron chi connectivity index (χ0n) is 21.3. The molecular formula is C30H35NO5. The molecule has 0 radical (unpaired) electrons. The van der Waals surface area contributed by atoms with E-state index in [-0.39, 0.29) is 25.0 Å². The first-order chi connectivity index (χ1) is 17.5. The molecule has 0 fully saturated rings. The minimum Gasteiger partial charge on any atom is -0.494 e. The lowest BCUT2D eigenvalue weighted by Crippen LogP contribution is -2.17. The highest BCUT2D eigenvalue weighted by molar-refractivity contribution is 6.05. The summed E-state index contributed by atoms with van der Waals surface area (Å²) in [4.78, 5) is 24.6. The van der Waals surface area contributed by atoms with Gasteiger partial charge >= 0.3 is 5.97 Å². The Morgan fingerprint density at radius 1 is 0.889 bits per heavy atom. The number of benzene rings is 3. The minimum absolute atomic E-state index is 0.227. The molecule has 3 rings (SSSR count). The Labute approximate surface area is 213 Å². The standard InChI is InChI=1S/C30H35NO5/c1-4-34-29(32)21-36-28-18-15-25(22(2)3)20-27(28)31-30(33)24-13-16-26(17-14-24)35-19-9-8-12-23-10-6-5-7-11-23/h5-7,10-11,13-18,20,22H,4,8-9,12,19,21H2,1-3H3,(H,31,33). The van der Waals surface area contributed by atoms with Crippen molar-refractivity contribution in [1.82, 2.24) is 0 Å². The van der Waals surface area contributed by atoms with Crippen molar-refractivity contribution in [1.29, 1.82) is 0 Å². The van der Waals surface area contributed by atoms with Gasteiger partial charge in [0, 0.05) is 5.56 Å². The summed E-state index contributed by atoms with van der Waals surface area (Å²) in [5.74, 6) is 0.677. The molecule has 36 heavy (non-hydrogen) atoms. The van der Waals surface area contributed by atoms with Crippen molar-refractivity contribution in [2.24, 2.45) is 0 Å². The van der Waals surface area contributed by atoms with Gasteiger partial charge in [0.05, 0.1) is 18.9 Å². The number of hydrogen-bond acceptors (Lipinski definition) is 5. The van der Waals surface area contributed by atoms with Crippen LogP contribution in [0, 0.1) is 0 Å². The number of carbonyl (C=O) groups excluding carboxylic acids is 2. The first kappa shape index (κ1) is 26.8. The number of anilines is 1. The van der Waals surface area contributed by atoms with Crippen molar-refractivity contribution in [2.75, 3.05) is 25.1 Å². The number of rotatable bonds is 13. The third-order valence-electron chi connectivity index (χ3n) is 5.66. The summed E-state index contributed by atoms with van der Waals surface area (Å²) >= 11 is 0. The Kier molecular flexibility index (Phi) is 10.4. The average Bonchev–Trinajstić information content (AvgIpc) is 2.88. The Morgan fingerprint density at radius 2 is 1.64 bits per heavy atom. The van der Waals surface area contributed by atoms with Gasteiger partial charge in [0.25, 0.3) is 5.91 Å². The third-order valence-corrected chi connectivity index (χ3v) is 5.66. The van der Waals surface area contributed by atoms with Crippen molar-refractivity contribution >= 4 is 17.6 Å². The molecule has 0 aliphatic rings. The van der Waals surface area contributed by atoms with Gasteiger partial charge in [0.1, 0.15) is 11.5 Å². The van der Waals surface area contributed by atoms with E-state index in [1.54, 1.807) is 37.3 Å². The Morgan fingerprint density at radius 3 is 2.33 bits per heavy atom. The first-order valence-corrected chi connectivity index (χ1v) is 12.5. The van der Waals surface area contributed by atoms with Crippen molar-refractivity contribution in [3.63, 3.8) is 0 Å². The third kappa shape index (κ3) is 8.45. The van der Waals surface area contributed by atoms with Gasteiger partial charge in [-0.2, -0.15) is 0 Å². The Balaban J connectivity index is 1.55. The molecule has 6 nitrogen and oxygen atoms in total. The average molecular weight is 490 g/mol. The molecule has 0 aliphatic heterocycles. The highest BCUT2D eigenvalue weighted by atomic mass is 16.6. The maximum atomic E-state index is 12.9. The van der Waals surface area contributed by atoms with Gasteiger partial charge in [-0.25, -0.2) is 4.79 Å². The highest BCUT2D eigenvalue weighted by Crippen LogP contribution is 2.29. The smallest absolute Gasteiger partial charge is 0.344 e. The van der Waals surface area contributed by atoms with Crippen LogP contribution in [0.4, 0.5) is 5.69 Å². The van der Waals surface area contributed by atoms with E-state index in [1.165, 1.54) is 5.56 Å². The summed E-state index contributed by atoms with van der Waals surface area (Å²) in [6, 6.07) is 23.0. The molecule has 6 heteroatoms. The molecule has 0 atom stereocenters. The minimum atomic E-state index is -0.460. The van der Waals surface area contributed by atoms with Crippen LogP contribution in [0.1, 0.15) is 61.0 Å². The second kappa shape index (κ2) is 13.9. The van der Waals surface area contributed by atoms with Crippen molar-refractivity contribution in [2.45, 2.75) is 46.0 Å². The molecule has 0 saturated carbocycles. The predicted molar refractivity (Wildman–Crippen MR) is 142 cm³/mol. The molecule has 3 aromatic rings. The number of unbranched alkanes of at least 4 members (excludes halogenated alkanes) is 1. The van der Waals surface area contributed by atoms with Gasteiger partial charge in [0.15, 0.2) is 6.61 Å². The van der Waals surface area contributed by atoms with E-state index in [4.69, 9.17) is 14.2 Å². The van der Waals surface area contributed by atoms with Crippen molar-refractivity contribution in [3.05, 3.63) is 89.5 Å². The topological polar surface area (TPSA) is 73.9 Å². The second-order valence-electron chi connectivity index (χ2n) is 8.77. The molecule has 190 valence electrons. The lowest BCUT2D eigenvalue weighted by atomic mass is 10.0. The molecule has 0 spiro atoms. The number of ether oxygens (including phenoxy) is 3. The van der Waals surface area contributed by atoms with Crippen LogP contribution >= 0.6 is 0 Å². The highest BCUT2D eigenvalue weighted by Gasteiger charge is 2.14. The summed E-state index contributed by atoms with van der Waals surface area (Å²) in [5.41, 5.74) is 3.39. The Hall–Kier alpha value is -3.80. The number of carbonyl (C=O) groups is 2. The van der Waals surface area contributed by atoms with Crippen molar-refractivity contribution in [3.8, 4) is 11.5 Å². The van der Waals surface area contributed by atoms with Crippen LogP contribution in [-0.4, -0.2) is 31.7 Å². The molecular weight excluding hydrogens is 454 g/mol. The maximum Gasteiger partial charge on any atom is 0.344 e. The van der Waals surface area contributed by atoms with Crippen LogP contribution in [0.25, 0.3) is 0 Å². The molecule has 0 aliphatic carbocycles. The van der Waals surface area contributed by atoms with E-state index < -0.39 is 5.97 Å². The van der Waals surface area contributed by atoms with Gasteiger partial charge in [-0.1, -0.05) is 50.2 Å². The fourth-order valence-corrected chi connectivity index (χ4v) is 3.63. The zero-order chi connectivity index (χ0) is 25.8. The molecule has 0 unspecified atom stereocenters. The SMILES string of the molecule is CCOC(=O)COc1ccc(C(C)C)cc1NC(=O)c1ccc(OCCCCc2ccccc2)cc1. The largest absolute Gasteiger partial charge is 0.494 e. The molecule has 3 aromatic carbocycles. The molecule has 0 heterocycles. The number of aryl methyl sites for hydroxylation is 1. The normalized spacial score (nSPS) is 10.7. The molecule has 1 amide bonds. The van der Waals surface area contributed by atoms with Crippen LogP contribution in [0.15, 0.2) is 72.8 Å². The second-order valence-corrected chi connectivity index (χ2v) is 8.77. The van der Waals surface area contributed by atoms with Gasteiger partial charge in [-0.3, -0.25) is 4.79 Å². The summed E-state index contributed by atoms with van der Waals surface area (Å²) in [6.07, 6.45) is 3.05. The molecule has 1 N–H and O–H groups in total. The van der Waals surface area contributed by atoms with Crippen LogP contribution in [0.2, 0.25) is 0 Å². The number of hydrogen-bond donors (Lipinski definition) is 1. The van der Waals surface area contributed by atoms with E-state index >= 15 is 0 Å². The van der Waals surface area contributed by atoms with Crippen LogP contribution in [0.5, 0.6) is 11.5 Å². The van der Waals surface area contributed by atoms with E-state index in [0.29, 0.717) is 23.6 Å². The molecule has 0 saturated heterocycles. The van der Waals surface area contributed by atoms with Crippen LogP contribution < -0.4 is 14.8 Å². The zero-order valence-corrected chi connectivity index (χ0v) is 21.3. The predicted octanol–water partition coefficient (Wildman–Crippen LogP) is 6.41. The summed E-state index contributed by atoms with van der Waals surface area (Å²) in [5, 5.41) is 2.92. The summed E-state index contributed by atoms with van der Waals surface area (Å²) in [7, 11) is 0.